The van der Waals surface area contributed by atoms with Crippen LogP contribution in [0.25, 0.3) is 0 Å². The Balaban J connectivity index is 2.84. The highest BCUT2D eigenvalue weighted by atomic mass is 35.5. The van der Waals surface area contributed by atoms with Gasteiger partial charge in [-0.25, -0.2) is 0 Å². The molecule has 0 aliphatic heterocycles. The lowest BCUT2D eigenvalue weighted by Crippen LogP contribution is -1.91. The van der Waals surface area contributed by atoms with Gasteiger partial charge in [0, 0.05) is 6.20 Å². The van der Waals surface area contributed by atoms with E-state index < -0.39 is 0 Å². The Kier molecular flexibility index (Phi) is 2.40. The van der Waals surface area contributed by atoms with E-state index in [9.17, 15) is 0 Å². The fourth-order valence-electron chi connectivity index (χ4n) is 0.581. The topological polar surface area (TPSA) is 25.8 Å². The van der Waals surface area contributed by atoms with E-state index in [1.807, 2.05) is 6.07 Å². The lowest BCUT2D eigenvalue weighted by Gasteiger charge is -1.98. The van der Waals surface area contributed by atoms with Gasteiger partial charge in [-0.15, -0.1) is 18.2 Å². The molecule has 52 valence electrons. The molecule has 1 unspecified atom stereocenters. The van der Waals surface area contributed by atoms with Crippen molar-refractivity contribution in [1.82, 2.24) is 10.2 Å². The second-order valence-corrected chi connectivity index (χ2v) is 2.26. The van der Waals surface area contributed by atoms with Crippen molar-refractivity contribution >= 4 is 11.6 Å². The molecule has 0 aliphatic rings. The van der Waals surface area contributed by atoms with Crippen LogP contribution in [-0.2, 0) is 0 Å². The molecule has 0 amide bonds. The smallest absolute Gasteiger partial charge is 0.0953 e. The van der Waals surface area contributed by atoms with Crippen molar-refractivity contribution in [2.24, 2.45) is 0 Å². The molecule has 0 fully saturated rings. The Bertz CT molecular complexity index is 210. The third-order valence-corrected chi connectivity index (χ3v) is 1.48. The molecule has 0 aromatic carbocycles. The van der Waals surface area contributed by atoms with Crippen LogP contribution in [0.2, 0.25) is 0 Å². The maximum absolute atomic E-state index is 5.77. The number of rotatable bonds is 2. The summed E-state index contributed by atoms with van der Waals surface area (Å²) < 4.78 is 0. The van der Waals surface area contributed by atoms with Crippen molar-refractivity contribution in [1.29, 1.82) is 0 Å². The number of alkyl halides is 1. The number of halogens is 1. The van der Waals surface area contributed by atoms with Gasteiger partial charge in [-0.05, 0) is 12.1 Å². The molecule has 10 heavy (non-hydrogen) atoms. The Morgan fingerprint density at radius 3 is 3.00 bits per heavy atom. The van der Waals surface area contributed by atoms with Crippen LogP contribution < -0.4 is 0 Å². The standard InChI is InChI=1S/C7H7ClN2/c1-2-6(8)7-4-3-5-9-10-7/h2-6H,1H2. The van der Waals surface area contributed by atoms with Gasteiger partial charge in [0.2, 0.25) is 0 Å². The van der Waals surface area contributed by atoms with E-state index in [0.29, 0.717) is 0 Å². The number of hydrogen-bond donors (Lipinski definition) is 0. The lowest BCUT2D eigenvalue weighted by atomic mass is 10.3. The average Bonchev–Trinajstić information content (AvgIpc) is 2.05. The normalized spacial score (nSPS) is 12.5. The van der Waals surface area contributed by atoms with Crippen molar-refractivity contribution < 1.29 is 0 Å². The van der Waals surface area contributed by atoms with E-state index >= 15 is 0 Å². The van der Waals surface area contributed by atoms with E-state index in [1.54, 1.807) is 18.3 Å². The Morgan fingerprint density at radius 2 is 2.50 bits per heavy atom. The van der Waals surface area contributed by atoms with Gasteiger partial charge >= 0.3 is 0 Å². The molecule has 0 radical (unpaired) electrons. The molecule has 0 aliphatic carbocycles. The maximum atomic E-state index is 5.77. The van der Waals surface area contributed by atoms with E-state index in [-0.39, 0.29) is 5.38 Å². The highest BCUT2D eigenvalue weighted by Crippen LogP contribution is 2.16. The number of allylic oxidation sites excluding steroid dienone is 1. The number of aromatic nitrogens is 2. The highest BCUT2D eigenvalue weighted by molar-refractivity contribution is 6.21. The quantitative estimate of drug-likeness (QED) is 0.481. The summed E-state index contributed by atoms with van der Waals surface area (Å²) in [6.45, 7) is 3.54. The van der Waals surface area contributed by atoms with Crippen molar-refractivity contribution in [3.8, 4) is 0 Å². The molecule has 1 rings (SSSR count). The summed E-state index contributed by atoms with van der Waals surface area (Å²) in [5.41, 5.74) is 0.735. The van der Waals surface area contributed by atoms with E-state index in [1.165, 1.54) is 0 Å². The van der Waals surface area contributed by atoms with E-state index in [2.05, 4.69) is 16.8 Å². The first-order chi connectivity index (χ1) is 4.84. The molecule has 3 heteroatoms. The summed E-state index contributed by atoms with van der Waals surface area (Å²) in [4.78, 5) is 0. The molecule has 0 saturated carbocycles. The van der Waals surface area contributed by atoms with Gasteiger partial charge in [-0.1, -0.05) is 6.08 Å². The molecular weight excluding hydrogens is 148 g/mol. The van der Waals surface area contributed by atoms with Crippen molar-refractivity contribution in [3.63, 3.8) is 0 Å². The fourth-order valence-corrected chi connectivity index (χ4v) is 0.698. The van der Waals surface area contributed by atoms with Gasteiger partial charge in [-0.2, -0.15) is 10.2 Å². The highest BCUT2D eigenvalue weighted by Gasteiger charge is 2.01. The van der Waals surface area contributed by atoms with Gasteiger partial charge in [0.1, 0.15) is 0 Å². The third-order valence-electron chi connectivity index (χ3n) is 1.08. The van der Waals surface area contributed by atoms with E-state index in [0.717, 1.165) is 5.69 Å². The lowest BCUT2D eigenvalue weighted by molar-refractivity contribution is 0.935. The molecule has 1 atom stereocenters. The monoisotopic (exact) mass is 154 g/mol. The van der Waals surface area contributed by atoms with Crippen LogP contribution in [-0.4, -0.2) is 10.2 Å². The van der Waals surface area contributed by atoms with Crippen LogP contribution in [0.1, 0.15) is 11.1 Å². The molecule has 0 N–H and O–H groups in total. The van der Waals surface area contributed by atoms with Crippen LogP contribution in [0, 0.1) is 0 Å². The summed E-state index contributed by atoms with van der Waals surface area (Å²) in [5.74, 6) is 0. The van der Waals surface area contributed by atoms with Gasteiger partial charge in [0.15, 0.2) is 0 Å². The van der Waals surface area contributed by atoms with E-state index in [4.69, 9.17) is 11.6 Å². The zero-order chi connectivity index (χ0) is 7.40. The van der Waals surface area contributed by atoms with Gasteiger partial charge in [-0.3, -0.25) is 0 Å². The summed E-state index contributed by atoms with van der Waals surface area (Å²) in [6.07, 6.45) is 3.22. The first-order valence-corrected chi connectivity index (χ1v) is 3.32. The number of hydrogen-bond acceptors (Lipinski definition) is 2. The average molecular weight is 155 g/mol. The van der Waals surface area contributed by atoms with Crippen LogP contribution in [0.15, 0.2) is 31.0 Å². The molecule has 0 spiro atoms. The van der Waals surface area contributed by atoms with Crippen LogP contribution >= 0.6 is 11.6 Å². The first kappa shape index (κ1) is 7.22. The summed E-state index contributed by atoms with van der Waals surface area (Å²) >= 11 is 5.77. The molecule has 1 aromatic heterocycles. The van der Waals surface area contributed by atoms with Crippen LogP contribution in [0.5, 0.6) is 0 Å². The molecule has 1 aromatic rings. The molecular formula is C7H7ClN2. The zero-order valence-electron chi connectivity index (χ0n) is 5.37. The minimum atomic E-state index is -0.228. The molecule has 2 nitrogen and oxygen atoms in total. The Hall–Kier alpha value is -0.890. The second-order valence-electron chi connectivity index (χ2n) is 1.79. The van der Waals surface area contributed by atoms with Crippen molar-refractivity contribution in [3.05, 3.63) is 36.7 Å². The first-order valence-electron chi connectivity index (χ1n) is 2.89. The minimum Gasteiger partial charge on any atom is -0.159 e. The number of nitrogens with zero attached hydrogens (tertiary/aromatic N) is 2. The van der Waals surface area contributed by atoms with Gasteiger partial charge in [0.05, 0.1) is 11.1 Å². The zero-order valence-corrected chi connectivity index (χ0v) is 6.12. The summed E-state index contributed by atoms with van der Waals surface area (Å²) in [7, 11) is 0. The molecule has 0 bridgehead atoms. The van der Waals surface area contributed by atoms with Crippen LogP contribution in [0.3, 0.4) is 0 Å². The van der Waals surface area contributed by atoms with Gasteiger partial charge < -0.3 is 0 Å². The summed E-state index contributed by atoms with van der Waals surface area (Å²) in [6, 6.07) is 3.60. The van der Waals surface area contributed by atoms with Gasteiger partial charge in [0.25, 0.3) is 0 Å². The van der Waals surface area contributed by atoms with Crippen molar-refractivity contribution in [2.45, 2.75) is 5.38 Å². The molecule has 1 heterocycles. The Labute approximate surface area is 64.5 Å². The maximum Gasteiger partial charge on any atom is 0.0953 e. The SMILES string of the molecule is C=CC(Cl)c1cccnn1. The summed E-state index contributed by atoms with van der Waals surface area (Å²) in [5, 5.41) is 7.24. The minimum absolute atomic E-state index is 0.228. The predicted molar refractivity (Wildman–Crippen MR) is 40.8 cm³/mol. The third kappa shape index (κ3) is 1.54. The van der Waals surface area contributed by atoms with Crippen molar-refractivity contribution in [2.75, 3.05) is 0 Å². The largest absolute Gasteiger partial charge is 0.159 e. The fraction of sp³-hybridized carbons (Fsp3) is 0.143. The molecule has 0 saturated heterocycles. The Morgan fingerprint density at radius 1 is 1.70 bits per heavy atom. The second kappa shape index (κ2) is 3.32. The predicted octanol–water partition coefficient (Wildman–Crippen LogP) is 1.94. The van der Waals surface area contributed by atoms with Crippen LogP contribution in [0.4, 0.5) is 0 Å².